The van der Waals surface area contributed by atoms with Gasteiger partial charge in [-0.1, -0.05) is 30.3 Å². The van der Waals surface area contributed by atoms with Crippen LogP contribution in [0.4, 0.5) is 11.4 Å². The average Bonchev–Trinajstić information content (AvgIpc) is 2.80. The fourth-order valence-electron chi connectivity index (χ4n) is 3.93. The van der Waals surface area contributed by atoms with Crippen LogP contribution in [0.15, 0.2) is 48.5 Å². The molecule has 2 aromatic rings. The number of carbonyl (C=O) groups excluding carboxylic acids is 1. The Kier molecular flexibility index (Phi) is 6.25. The average molecular weight is 411 g/mol. The lowest BCUT2D eigenvalue weighted by molar-refractivity contribution is -0.384. The molecule has 0 saturated carbocycles. The van der Waals surface area contributed by atoms with Crippen molar-refractivity contribution < 1.29 is 19.2 Å². The zero-order chi connectivity index (χ0) is 20.9. The highest BCUT2D eigenvalue weighted by Gasteiger charge is 2.27. The van der Waals surface area contributed by atoms with E-state index in [4.69, 9.17) is 9.47 Å². The number of nitrogens with zero attached hydrogens (tertiary/aromatic N) is 2. The maximum Gasteiger partial charge on any atom is 0.293 e. The number of nitrogens with one attached hydrogen (secondary N) is 1. The van der Waals surface area contributed by atoms with Gasteiger partial charge in [0.25, 0.3) is 11.6 Å². The maximum atomic E-state index is 12.7. The molecule has 0 radical (unpaired) electrons. The number of rotatable bonds is 5. The molecule has 8 nitrogen and oxygen atoms in total. The molecule has 2 aliphatic heterocycles. The molecule has 0 spiro atoms. The van der Waals surface area contributed by atoms with E-state index in [9.17, 15) is 14.9 Å². The molecule has 2 saturated heterocycles. The molecular formula is C22H25N3O5. The minimum absolute atomic E-state index is 0.0429. The van der Waals surface area contributed by atoms with Crippen LogP contribution in [0, 0.1) is 10.1 Å². The Labute approximate surface area is 174 Å². The Balaban J connectivity index is 1.49. The topological polar surface area (TPSA) is 93.9 Å². The van der Waals surface area contributed by atoms with Gasteiger partial charge < -0.3 is 19.7 Å². The fraction of sp³-hybridized carbons (Fsp3) is 0.409. The lowest BCUT2D eigenvalue weighted by Gasteiger charge is -2.31. The lowest BCUT2D eigenvalue weighted by Crippen LogP contribution is -2.40. The number of benzene rings is 2. The number of amides is 1. The summed E-state index contributed by atoms with van der Waals surface area (Å²) in [5, 5.41) is 15.0. The number of morpholine rings is 1. The Bertz CT molecular complexity index is 899. The van der Waals surface area contributed by atoms with Crippen molar-refractivity contribution in [3.8, 4) is 0 Å². The molecule has 2 heterocycles. The van der Waals surface area contributed by atoms with Crippen molar-refractivity contribution in [3.63, 3.8) is 0 Å². The van der Waals surface area contributed by atoms with Crippen LogP contribution < -0.4 is 5.32 Å². The van der Waals surface area contributed by atoms with E-state index in [0.29, 0.717) is 44.2 Å². The van der Waals surface area contributed by atoms with E-state index in [1.165, 1.54) is 6.07 Å². The Hall–Kier alpha value is -2.97. The molecule has 2 aromatic carbocycles. The standard InChI is InChI=1S/C22H25N3O5/c26-22(24-9-12-29-13-10-24)17-6-7-19(20(14-17)25(27)28)23-18-8-11-30-21(15-18)16-4-2-1-3-5-16/h1-7,14,18,21,23H,8-13,15H2. The van der Waals surface area contributed by atoms with E-state index in [1.807, 2.05) is 30.3 Å². The molecule has 0 aromatic heterocycles. The predicted molar refractivity (Wildman–Crippen MR) is 112 cm³/mol. The summed E-state index contributed by atoms with van der Waals surface area (Å²) < 4.78 is 11.2. The van der Waals surface area contributed by atoms with Crippen molar-refractivity contribution in [3.05, 3.63) is 69.8 Å². The number of nitro benzene ring substituents is 1. The van der Waals surface area contributed by atoms with Crippen molar-refractivity contribution >= 4 is 17.3 Å². The van der Waals surface area contributed by atoms with Crippen LogP contribution in [0.3, 0.4) is 0 Å². The van der Waals surface area contributed by atoms with Gasteiger partial charge in [-0.2, -0.15) is 0 Å². The Morgan fingerprint density at radius 3 is 2.60 bits per heavy atom. The second-order valence-corrected chi connectivity index (χ2v) is 7.53. The molecule has 2 aliphatic rings. The van der Waals surface area contributed by atoms with Gasteiger partial charge in [-0.15, -0.1) is 0 Å². The van der Waals surface area contributed by atoms with Gasteiger partial charge in [0.1, 0.15) is 5.69 Å². The van der Waals surface area contributed by atoms with Crippen LogP contribution in [-0.4, -0.2) is 54.7 Å². The quantitative estimate of drug-likeness (QED) is 0.599. The van der Waals surface area contributed by atoms with Gasteiger partial charge in [-0.05, 0) is 30.5 Å². The zero-order valence-electron chi connectivity index (χ0n) is 16.7. The molecule has 0 aliphatic carbocycles. The molecule has 0 bridgehead atoms. The fourth-order valence-corrected chi connectivity index (χ4v) is 3.93. The van der Waals surface area contributed by atoms with Crippen molar-refractivity contribution in [2.45, 2.75) is 25.0 Å². The number of nitro groups is 1. The van der Waals surface area contributed by atoms with E-state index < -0.39 is 4.92 Å². The first-order chi connectivity index (χ1) is 14.6. The highest BCUT2D eigenvalue weighted by Crippen LogP contribution is 2.33. The van der Waals surface area contributed by atoms with Crippen LogP contribution in [-0.2, 0) is 9.47 Å². The number of ether oxygens (including phenoxy) is 2. The van der Waals surface area contributed by atoms with Crippen molar-refractivity contribution in [1.82, 2.24) is 4.90 Å². The second-order valence-electron chi connectivity index (χ2n) is 7.53. The summed E-state index contributed by atoms with van der Waals surface area (Å²) in [5.74, 6) is -0.205. The number of anilines is 1. The third-order valence-electron chi connectivity index (χ3n) is 5.55. The summed E-state index contributed by atoms with van der Waals surface area (Å²) >= 11 is 0. The third-order valence-corrected chi connectivity index (χ3v) is 5.55. The van der Waals surface area contributed by atoms with Gasteiger partial charge >= 0.3 is 0 Å². The first kappa shape index (κ1) is 20.3. The van der Waals surface area contributed by atoms with Crippen molar-refractivity contribution in [1.29, 1.82) is 0 Å². The van der Waals surface area contributed by atoms with Crippen molar-refractivity contribution in [2.75, 3.05) is 38.2 Å². The maximum absolute atomic E-state index is 12.7. The minimum Gasteiger partial charge on any atom is -0.378 e. The van der Waals surface area contributed by atoms with E-state index in [2.05, 4.69) is 5.32 Å². The first-order valence-electron chi connectivity index (χ1n) is 10.2. The lowest BCUT2D eigenvalue weighted by atomic mass is 9.97. The summed E-state index contributed by atoms with van der Waals surface area (Å²) in [6, 6.07) is 14.7. The highest BCUT2D eigenvalue weighted by molar-refractivity contribution is 5.95. The summed E-state index contributed by atoms with van der Waals surface area (Å²) in [5.41, 5.74) is 1.77. The molecule has 2 atom stereocenters. The van der Waals surface area contributed by atoms with E-state index in [1.54, 1.807) is 17.0 Å². The molecule has 30 heavy (non-hydrogen) atoms. The van der Waals surface area contributed by atoms with Crippen LogP contribution in [0.2, 0.25) is 0 Å². The van der Waals surface area contributed by atoms with Crippen molar-refractivity contribution in [2.24, 2.45) is 0 Å². The monoisotopic (exact) mass is 411 g/mol. The van der Waals surface area contributed by atoms with Gasteiger partial charge in [-0.3, -0.25) is 14.9 Å². The first-order valence-corrected chi connectivity index (χ1v) is 10.2. The van der Waals surface area contributed by atoms with Crippen LogP contribution in [0.25, 0.3) is 0 Å². The number of hydrogen-bond donors (Lipinski definition) is 1. The summed E-state index contributed by atoms with van der Waals surface area (Å²) in [6.45, 7) is 2.55. The molecule has 4 rings (SSSR count). The van der Waals surface area contributed by atoms with E-state index >= 15 is 0 Å². The minimum atomic E-state index is -0.438. The number of carbonyl (C=O) groups is 1. The second kappa shape index (κ2) is 9.23. The van der Waals surface area contributed by atoms with Gasteiger partial charge in [0.15, 0.2) is 0 Å². The molecule has 2 unspecified atom stereocenters. The van der Waals surface area contributed by atoms with Gasteiger partial charge in [0, 0.05) is 37.4 Å². The zero-order valence-corrected chi connectivity index (χ0v) is 16.7. The Morgan fingerprint density at radius 1 is 1.10 bits per heavy atom. The van der Waals surface area contributed by atoms with Crippen LogP contribution >= 0.6 is 0 Å². The summed E-state index contributed by atoms with van der Waals surface area (Å²) in [7, 11) is 0. The van der Waals surface area contributed by atoms with Gasteiger partial charge in [-0.25, -0.2) is 0 Å². The molecular weight excluding hydrogens is 386 g/mol. The summed E-state index contributed by atoms with van der Waals surface area (Å²) in [6.07, 6.45) is 1.43. The Morgan fingerprint density at radius 2 is 1.87 bits per heavy atom. The molecule has 2 fully saturated rings. The molecule has 1 N–H and O–H groups in total. The third kappa shape index (κ3) is 4.60. The van der Waals surface area contributed by atoms with Crippen LogP contribution in [0.1, 0.15) is 34.9 Å². The van der Waals surface area contributed by atoms with Gasteiger partial charge in [0.05, 0.1) is 24.2 Å². The van der Waals surface area contributed by atoms with E-state index in [0.717, 1.165) is 18.4 Å². The van der Waals surface area contributed by atoms with E-state index in [-0.39, 0.29) is 23.7 Å². The SMILES string of the molecule is O=C(c1ccc(NC2CCOC(c3ccccc3)C2)c([N+](=O)[O-])c1)N1CCOCC1. The predicted octanol–water partition coefficient (Wildman–Crippen LogP) is 3.40. The molecule has 158 valence electrons. The molecule has 1 amide bonds. The largest absolute Gasteiger partial charge is 0.378 e. The normalized spacial score (nSPS) is 21.8. The smallest absolute Gasteiger partial charge is 0.293 e. The van der Waals surface area contributed by atoms with Gasteiger partial charge in [0.2, 0.25) is 0 Å². The highest BCUT2D eigenvalue weighted by atomic mass is 16.6. The molecule has 8 heteroatoms. The number of hydrogen-bond acceptors (Lipinski definition) is 6. The summed E-state index contributed by atoms with van der Waals surface area (Å²) in [4.78, 5) is 25.6. The van der Waals surface area contributed by atoms with Crippen LogP contribution in [0.5, 0.6) is 0 Å².